The van der Waals surface area contributed by atoms with Gasteiger partial charge in [-0.25, -0.2) is 14.6 Å². The number of hydrogen-bond acceptors (Lipinski definition) is 7. The molecule has 3 heterocycles. The summed E-state index contributed by atoms with van der Waals surface area (Å²) in [6.45, 7) is 0.217. The average Bonchev–Trinajstić information content (AvgIpc) is 2.91. The molecule has 0 aliphatic rings. The lowest BCUT2D eigenvalue weighted by molar-refractivity contribution is -0.193. The summed E-state index contributed by atoms with van der Waals surface area (Å²) in [5, 5.41) is 26.1. The molecule has 20 heteroatoms. The van der Waals surface area contributed by atoms with Gasteiger partial charge in [-0.3, -0.25) is 23.8 Å². The van der Waals surface area contributed by atoms with Crippen LogP contribution in [0.2, 0.25) is 0 Å². The number of halogens is 6. The van der Waals surface area contributed by atoms with Gasteiger partial charge < -0.3 is 32.1 Å². The van der Waals surface area contributed by atoms with Crippen molar-refractivity contribution in [3.8, 4) is 0 Å². The fraction of sp³-hybridized carbons (Fsp3) is 0.208. The fourth-order valence-electron chi connectivity index (χ4n) is 2.93. The van der Waals surface area contributed by atoms with Crippen LogP contribution in [0.15, 0.2) is 64.8 Å². The largest absolute Gasteiger partial charge is 0.490 e. The maximum absolute atomic E-state index is 12.7. The van der Waals surface area contributed by atoms with Crippen LogP contribution in [0.4, 0.5) is 26.3 Å². The Morgan fingerprint density at radius 1 is 0.955 bits per heavy atom. The number of nitrogens with zero attached hydrogens (tertiary/aromatic N) is 3. The van der Waals surface area contributed by atoms with Gasteiger partial charge in [0.05, 0.1) is 19.0 Å². The highest BCUT2D eigenvalue weighted by Gasteiger charge is 2.38. The SMILES string of the molecule is NC(N)=NCc1ccc2cc(C(=O)NC(CC(=O)O)c3cccnc3)cc(=O)n2c1.O=C(O)C(F)(F)F.O=C(O)C(F)(F)F. The summed E-state index contributed by atoms with van der Waals surface area (Å²) in [7, 11) is 0. The van der Waals surface area contributed by atoms with Crippen molar-refractivity contribution in [1.82, 2.24) is 14.7 Å². The second-order valence-corrected chi connectivity index (χ2v) is 8.17. The molecule has 0 spiro atoms. The number of carboxylic acids is 3. The van der Waals surface area contributed by atoms with E-state index in [0.29, 0.717) is 16.6 Å². The Balaban J connectivity index is 0.000000574. The van der Waals surface area contributed by atoms with Crippen molar-refractivity contribution >= 4 is 35.3 Å². The maximum atomic E-state index is 12.7. The van der Waals surface area contributed by atoms with E-state index in [-0.39, 0.29) is 24.5 Å². The summed E-state index contributed by atoms with van der Waals surface area (Å²) in [5.74, 6) is -7.20. The molecule has 0 bridgehead atoms. The normalized spacial score (nSPS) is 11.5. The predicted octanol–water partition coefficient (Wildman–Crippen LogP) is 1.68. The van der Waals surface area contributed by atoms with Crippen LogP contribution in [0.25, 0.3) is 5.52 Å². The van der Waals surface area contributed by atoms with Gasteiger partial charge in [-0.1, -0.05) is 12.1 Å². The number of carbonyl (C=O) groups excluding carboxylic acids is 1. The second-order valence-electron chi connectivity index (χ2n) is 8.17. The Morgan fingerprint density at radius 2 is 1.52 bits per heavy atom. The summed E-state index contributed by atoms with van der Waals surface area (Å²) < 4.78 is 64.9. The van der Waals surface area contributed by atoms with Crippen LogP contribution in [-0.2, 0) is 20.9 Å². The third-order valence-corrected chi connectivity index (χ3v) is 4.82. The smallest absolute Gasteiger partial charge is 0.481 e. The molecule has 1 unspecified atom stereocenters. The van der Waals surface area contributed by atoms with E-state index in [1.54, 1.807) is 42.7 Å². The molecule has 44 heavy (non-hydrogen) atoms. The Morgan fingerprint density at radius 3 is 1.98 bits per heavy atom. The topological polar surface area (TPSA) is 240 Å². The molecular weight excluding hydrogens is 614 g/mol. The van der Waals surface area contributed by atoms with Crippen LogP contribution in [-0.4, -0.2) is 66.8 Å². The minimum atomic E-state index is -5.08. The molecule has 3 aromatic heterocycles. The average molecular weight is 636 g/mol. The van der Waals surface area contributed by atoms with Crippen molar-refractivity contribution in [2.75, 3.05) is 0 Å². The highest BCUT2D eigenvalue weighted by Crippen LogP contribution is 2.17. The zero-order valence-electron chi connectivity index (χ0n) is 21.8. The van der Waals surface area contributed by atoms with Crippen molar-refractivity contribution in [3.05, 3.63) is 82.0 Å². The molecule has 0 aromatic carbocycles. The molecular formula is C24H22F6N6O8. The van der Waals surface area contributed by atoms with Gasteiger partial charge >= 0.3 is 30.3 Å². The fourth-order valence-corrected chi connectivity index (χ4v) is 2.93. The van der Waals surface area contributed by atoms with Gasteiger partial charge in [0.25, 0.3) is 11.5 Å². The third kappa shape index (κ3) is 12.4. The lowest BCUT2D eigenvalue weighted by atomic mass is 10.1. The number of alkyl halides is 6. The van der Waals surface area contributed by atoms with Gasteiger partial charge in [-0.05, 0) is 29.3 Å². The highest BCUT2D eigenvalue weighted by atomic mass is 19.4. The van der Waals surface area contributed by atoms with Gasteiger partial charge in [0, 0.05) is 35.7 Å². The predicted molar refractivity (Wildman–Crippen MR) is 137 cm³/mol. The summed E-state index contributed by atoms with van der Waals surface area (Å²) >= 11 is 0. The van der Waals surface area contributed by atoms with E-state index in [9.17, 15) is 40.7 Å². The molecule has 8 N–H and O–H groups in total. The molecule has 0 aliphatic heterocycles. The Labute approximate surface area is 241 Å². The number of nitrogens with one attached hydrogen (secondary N) is 1. The third-order valence-electron chi connectivity index (χ3n) is 4.82. The number of carboxylic acid groups (broad SMARTS) is 3. The lowest BCUT2D eigenvalue weighted by Gasteiger charge is -2.17. The zero-order valence-corrected chi connectivity index (χ0v) is 21.8. The van der Waals surface area contributed by atoms with Crippen LogP contribution >= 0.6 is 0 Å². The van der Waals surface area contributed by atoms with Crippen LogP contribution < -0.4 is 22.3 Å². The zero-order chi connectivity index (χ0) is 33.8. The Bertz CT molecular complexity index is 1550. The molecule has 3 rings (SSSR count). The summed E-state index contributed by atoms with van der Waals surface area (Å²) in [6.07, 6.45) is -5.86. The number of aliphatic carboxylic acids is 3. The number of aromatic nitrogens is 2. The summed E-state index contributed by atoms with van der Waals surface area (Å²) in [6, 6.07) is 8.68. The Hall–Kier alpha value is -5.69. The van der Waals surface area contributed by atoms with Gasteiger partial charge in [0.15, 0.2) is 5.96 Å². The molecule has 1 atom stereocenters. The van der Waals surface area contributed by atoms with Crippen LogP contribution in [0.5, 0.6) is 0 Å². The van der Waals surface area contributed by atoms with Crippen LogP contribution in [0, 0.1) is 0 Å². The standard InChI is InChI=1S/C20H20N6O4.2C2HF3O2/c21-20(22)24-9-12-3-4-15-6-14(7-17(27)26(15)11-12)19(30)25-16(8-18(28)29)13-2-1-5-23-10-13;2*3-2(4,5)1(6)7/h1-7,10-11,16H,8-9H2,(H,25,30)(H,28,29)(H4,21,22,24);2*(H,6,7). The molecule has 0 saturated carbocycles. The number of aliphatic imine (C=N–C) groups is 1. The van der Waals surface area contributed by atoms with Crippen molar-refractivity contribution in [3.63, 3.8) is 0 Å². The highest BCUT2D eigenvalue weighted by molar-refractivity contribution is 5.95. The van der Waals surface area contributed by atoms with Crippen molar-refractivity contribution in [2.45, 2.75) is 31.4 Å². The van der Waals surface area contributed by atoms with E-state index < -0.39 is 47.8 Å². The molecule has 3 aromatic rings. The number of nitrogens with two attached hydrogens (primary N) is 2. The minimum Gasteiger partial charge on any atom is -0.481 e. The summed E-state index contributed by atoms with van der Waals surface area (Å²) in [5.41, 5.74) is 12.1. The number of pyridine rings is 3. The minimum absolute atomic E-state index is 0.0565. The molecule has 0 radical (unpaired) electrons. The monoisotopic (exact) mass is 636 g/mol. The van der Waals surface area contributed by atoms with E-state index in [0.717, 1.165) is 0 Å². The first kappa shape index (κ1) is 36.3. The second kappa shape index (κ2) is 15.5. The van der Waals surface area contributed by atoms with Crippen molar-refractivity contribution < 1.29 is 60.8 Å². The molecule has 0 aliphatic carbocycles. The molecule has 1 amide bonds. The van der Waals surface area contributed by atoms with E-state index in [1.807, 2.05) is 0 Å². The number of fused-ring (bicyclic) bond motifs is 1. The molecule has 14 nitrogen and oxygen atoms in total. The van der Waals surface area contributed by atoms with Gasteiger partial charge in [0.2, 0.25) is 0 Å². The van der Waals surface area contributed by atoms with E-state index in [4.69, 9.17) is 36.4 Å². The van der Waals surface area contributed by atoms with E-state index in [2.05, 4.69) is 15.3 Å². The first-order valence-corrected chi connectivity index (χ1v) is 11.5. The molecule has 238 valence electrons. The van der Waals surface area contributed by atoms with Crippen molar-refractivity contribution in [1.29, 1.82) is 0 Å². The lowest BCUT2D eigenvalue weighted by Crippen LogP contribution is -2.31. The van der Waals surface area contributed by atoms with Crippen molar-refractivity contribution in [2.24, 2.45) is 16.5 Å². The van der Waals surface area contributed by atoms with Gasteiger partial charge in [0.1, 0.15) is 0 Å². The molecule has 0 fully saturated rings. The number of guanidine groups is 1. The van der Waals surface area contributed by atoms with Gasteiger partial charge in [-0.15, -0.1) is 0 Å². The number of amides is 1. The number of hydrogen-bond donors (Lipinski definition) is 6. The summed E-state index contributed by atoms with van der Waals surface area (Å²) in [4.78, 5) is 62.1. The quantitative estimate of drug-likeness (QED) is 0.124. The van der Waals surface area contributed by atoms with Crippen LogP contribution in [0.1, 0.15) is 33.9 Å². The Kier molecular flexibility index (Phi) is 12.8. The maximum Gasteiger partial charge on any atom is 0.490 e. The first-order chi connectivity index (χ1) is 20.2. The van der Waals surface area contributed by atoms with Crippen LogP contribution in [0.3, 0.4) is 0 Å². The first-order valence-electron chi connectivity index (χ1n) is 11.5. The number of rotatable bonds is 7. The molecule has 0 saturated heterocycles. The van der Waals surface area contributed by atoms with E-state index >= 15 is 0 Å². The van der Waals surface area contributed by atoms with Gasteiger partial charge in [-0.2, -0.15) is 26.3 Å². The number of carbonyl (C=O) groups is 4. The van der Waals surface area contributed by atoms with E-state index in [1.165, 1.54) is 16.7 Å².